The molecule has 1 fully saturated rings. The fourth-order valence-corrected chi connectivity index (χ4v) is 5.79. The lowest BCUT2D eigenvalue weighted by molar-refractivity contribution is -0.117. The first-order valence-corrected chi connectivity index (χ1v) is 10.7. The molecule has 0 aliphatic heterocycles. The van der Waals surface area contributed by atoms with Crippen LogP contribution in [0.1, 0.15) is 40.5 Å². The predicted octanol–water partition coefficient (Wildman–Crippen LogP) is 3.45. The molecular weight excluding hydrogens is 358 g/mol. The van der Waals surface area contributed by atoms with Gasteiger partial charge in [-0.15, -0.1) is 0 Å². The molecule has 6 nitrogen and oxygen atoms in total. The minimum Gasteiger partial charge on any atom is -0.302 e. The van der Waals surface area contributed by atoms with Crippen molar-refractivity contribution in [3.63, 3.8) is 0 Å². The molecule has 2 aromatic rings. The lowest BCUT2D eigenvalue weighted by Gasteiger charge is -2.29. The Bertz CT molecular complexity index is 891. The minimum atomic E-state index is -3.58. The zero-order valence-electron chi connectivity index (χ0n) is 14.8. The molecule has 1 aromatic carbocycles. The van der Waals surface area contributed by atoms with Crippen molar-refractivity contribution in [1.29, 1.82) is 0 Å². The number of fused-ring (bicyclic) bond motifs is 1. The molecule has 0 unspecified atom stereocenters. The fraction of sp³-hybridized carbons (Fsp3) is 0.529. The number of anilines is 1. The van der Waals surface area contributed by atoms with Crippen LogP contribution in [-0.2, 0) is 14.8 Å². The molecule has 0 saturated heterocycles. The van der Waals surface area contributed by atoms with Crippen LogP contribution < -0.4 is 5.32 Å². The van der Waals surface area contributed by atoms with Crippen molar-refractivity contribution < 1.29 is 13.2 Å². The van der Waals surface area contributed by atoms with E-state index >= 15 is 0 Å². The first-order valence-electron chi connectivity index (χ1n) is 8.45. The first-order chi connectivity index (χ1) is 11.7. The number of aromatic nitrogens is 1. The van der Waals surface area contributed by atoms with Gasteiger partial charge in [-0.3, -0.25) is 4.79 Å². The van der Waals surface area contributed by atoms with E-state index in [1.54, 1.807) is 18.2 Å². The van der Waals surface area contributed by atoms with E-state index in [2.05, 4.69) is 10.3 Å². The lowest BCUT2D eigenvalue weighted by atomic mass is 10.3. The van der Waals surface area contributed by atoms with Gasteiger partial charge in [-0.1, -0.05) is 11.3 Å². The van der Waals surface area contributed by atoms with Crippen molar-refractivity contribution in [2.75, 3.05) is 5.32 Å². The standard InChI is InChI=1S/C17H23N3O3S2/c1-10(2)20(11(3)4)25(22,23)13-7-8-14-15(9-13)24-17(18-14)19-16(21)12-5-6-12/h7-12H,5-6H2,1-4H3,(H,18,19,21). The van der Waals surface area contributed by atoms with Crippen LogP contribution in [0.4, 0.5) is 5.13 Å². The molecule has 136 valence electrons. The summed E-state index contributed by atoms with van der Waals surface area (Å²) in [7, 11) is -3.58. The zero-order valence-corrected chi connectivity index (χ0v) is 16.4. The van der Waals surface area contributed by atoms with E-state index in [1.807, 2.05) is 27.7 Å². The van der Waals surface area contributed by atoms with Crippen LogP contribution in [-0.4, -0.2) is 35.7 Å². The highest BCUT2D eigenvalue weighted by Gasteiger charge is 2.31. The van der Waals surface area contributed by atoms with Crippen LogP contribution in [0.15, 0.2) is 23.1 Å². The van der Waals surface area contributed by atoms with Crippen LogP contribution in [0.5, 0.6) is 0 Å². The normalized spacial score (nSPS) is 15.5. The summed E-state index contributed by atoms with van der Waals surface area (Å²) in [6, 6.07) is 4.67. The second kappa shape index (κ2) is 6.66. The van der Waals surface area contributed by atoms with Gasteiger partial charge in [0.25, 0.3) is 0 Å². The van der Waals surface area contributed by atoms with Gasteiger partial charge in [0.15, 0.2) is 5.13 Å². The molecule has 0 radical (unpaired) electrons. The number of carbonyl (C=O) groups is 1. The molecule has 3 rings (SSSR count). The molecule has 1 N–H and O–H groups in total. The Labute approximate surface area is 152 Å². The van der Waals surface area contributed by atoms with E-state index in [1.165, 1.54) is 15.6 Å². The molecule has 8 heteroatoms. The van der Waals surface area contributed by atoms with Gasteiger partial charge >= 0.3 is 0 Å². The Morgan fingerprint density at radius 2 is 1.88 bits per heavy atom. The Morgan fingerprint density at radius 3 is 2.44 bits per heavy atom. The maximum absolute atomic E-state index is 13.0. The quantitative estimate of drug-likeness (QED) is 0.831. The van der Waals surface area contributed by atoms with E-state index in [4.69, 9.17) is 0 Å². The fourth-order valence-electron chi connectivity index (χ4n) is 2.94. The number of nitrogens with zero attached hydrogens (tertiary/aromatic N) is 2. The van der Waals surface area contributed by atoms with Crippen LogP contribution in [0.25, 0.3) is 10.2 Å². The summed E-state index contributed by atoms with van der Waals surface area (Å²) in [6.07, 6.45) is 1.86. The van der Waals surface area contributed by atoms with E-state index in [0.717, 1.165) is 17.5 Å². The van der Waals surface area contributed by atoms with Gasteiger partial charge in [-0.2, -0.15) is 4.31 Å². The van der Waals surface area contributed by atoms with Gasteiger partial charge in [0.1, 0.15) is 0 Å². The Hall–Kier alpha value is -1.51. The molecule has 1 aliphatic carbocycles. The third kappa shape index (κ3) is 3.70. The molecule has 1 heterocycles. The second-order valence-corrected chi connectivity index (χ2v) is 9.81. The summed E-state index contributed by atoms with van der Waals surface area (Å²) in [5, 5.41) is 3.34. The van der Waals surface area contributed by atoms with Gasteiger partial charge < -0.3 is 5.32 Å². The lowest BCUT2D eigenvalue weighted by Crippen LogP contribution is -2.41. The number of hydrogen-bond acceptors (Lipinski definition) is 5. The smallest absolute Gasteiger partial charge is 0.243 e. The monoisotopic (exact) mass is 381 g/mol. The number of nitrogens with one attached hydrogen (secondary N) is 1. The summed E-state index contributed by atoms with van der Waals surface area (Å²) in [4.78, 5) is 16.5. The van der Waals surface area contributed by atoms with Crippen LogP contribution in [0.2, 0.25) is 0 Å². The summed E-state index contributed by atoms with van der Waals surface area (Å²) < 4.78 is 28.2. The third-order valence-electron chi connectivity index (χ3n) is 4.13. The molecule has 25 heavy (non-hydrogen) atoms. The van der Waals surface area contributed by atoms with Crippen molar-refractivity contribution in [2.45, 2.75) is 57.5 Å². The van der Waals surface area contributed by atoms with Gasteiger partial charge in [-0.05, 0) is 58.7 Å². The highest BCUT2D eigenvalue weighted by Crippen LogP contribution is 2.33. The summed E-state index contributed by atoms with van der Waals surface area (Å²) >= 11 is 1.30. The Morgan fingerprint density at radius 1 is 1.24 bits per heavy atom. The van der Waals surface area contributed by atoms with Gasteiger partial charge in [0.2, 0.25) is 15.9 Å². The Balaban J connectivity index is 1.93. The highest BCUT2D eigenvalue weighted by atomic mass is 32.2. The SMILES string of the molecule is CC(C)N(C(C)C)S(=O)(=O)c1ccc2nc(NC(=O)C3CC3)sc2c1. The number of rotatable bonds is 6. The topological polar surface area (TPSA) is 79.4 Å². The number of carbonyl (C=O) groups excluding carboxylic acids is 1. The van der Waals surface area contributed by atoms with Crippen molar-refractivity contribution in [2.24, 2.45) is 5.92 Å². The van der Waals surface area contributed by atoms with E-state index in [-0.39, 0.29) is 28.8 Å². The first kappa shape index (κ1) is 18.3. The summed E-state index contributed by atoms with van der Waals surface area (Å²) in [5.74, 6) is 0.103. The average Bonchev–Trinajstić information content (AvgIpc) is 3.26. The molecule has 1 amide bonds. The van der Waals surface area contributed by atoms with Gasteiger partial charge in [0.05, 0.1) is 15.1 Å². The predicted molar refractivity (Wildman–Crippen MR) is 100 cm³/mol. The van der Waals surface area contributed by atoms with E-state index in [0.29, 0.717) is 10.6 Å². The number of thiazole rings is 1. The number of hydrogen-bond donors (Lipinski definition) is 1. The van der Waals surface area contributed by atoms with Crippen LogP contribution in [0.3, 0.4) is 0 Å². The largest absolute Gasteiger partial charge is 0.302 e. The van der Waals surface area contributed by atoms with Gasteiger partial charge in [0, 0.05) is 18.0 Å². The summed E-state index contributed by atoms with van der Waals surface area (Å²) in [6.45, 7) is 7.48. The molecule has 1 aromatic heterocycles. The number of benzene rings is 1. The second-order valence-electron chi connectivity index (χ2n) is 6.93. The molecule has 1 aliphatic rings. The zero-order chi connectivity index (χ0) is 18.4. The van der Waals surface area contributed by atoms with Crippen LogP contribution in [0, 0.1) is 5.92 Å². The average molecular weight is 382 g/mol. The third-order valence-corrected chi connectivity index (χ3v) is 7.31. The van der Waals surface area contributed by atoms with Crippen molar-refractivity contribution in [3.05, 3.63) is 18.2 Å². The minimum absolute atomic E-state index is 0.00214. The maximum atomic E-state index is 13.0. The summed E-state index contributed by atoms with van der Waals surface area (Å²) in [5.41, 5.74) is 0.690. The van der Waals surface area contributed by atoms with Crippen molar-refractivity contribution in [3.8, 4) is 0 Å². The van der Waals surface area contributed by atoms with Crippen LogP contribution >= 0.6 is 11.3 Å². The highest BCUT2D eigenvalue weighted by molar-refractivity contribution is 7.89. The molecule has 0 spiro atoms. The van der Waals surface area contributed by atoms with E-state index < -0.39 is 10.0 Å². The van der Waals surface area contributed by atoms with Gasteiger partial charge in [-0.25, -0.2) is 13.4 Å². The molecular formula is C17H23N3O3S2. The maximum Gasteiger partial charge on any atom is 0.243 e. The molecule has 0 bridgehead atoms. The van der Waals surface area contributed by atoms with Crippen molar-refractivity contribution in [1.82, 2.24) is 9.29 Å². The van der Waals surface area contributed by atoms with Crippen molar-refractivity contribution >= 4 is 42.6 Å². The number of amides is 1. The molecule has 1 saturated carbocycles. The molecule has 0 atom stereocenters. The Kier molecular flexibility index (Phi) is 4.87. The van der Waals surface area contributed by atoms with E-state index in [9.17, 15) is 13.2 Å². The number of sulfonamides is 1.